The predicted molar refractivity (Wildman–Crippen MR) is 107 cm³/mol. The molecule has 0 aromatic heterocycles. The Hall–Kier alpha value is -2.06. The van der Waals surface area contributed by atoms with Crippen LogP contribution in [0.1, 0.15) is 58.8 Å². The van der Waals surface area contributed by atoms with Gasteiger partial charge in [0.15, 0.2) is 0 Å². The fraction of sp³-hybridized carbons (Fsp3) is 0.636. The zero-order valence-corrected chi connectivity index (χ0v) is 16.8. The summed E-state index contributed by atoms with van der Waals surface area (Å²) in [5, 5.41) is 10.3. The average molecular weight is 376 g/mol. The molecule has 27 heavy (non-hydrogen) atoms. The summed E-state index contributed by atoms with van der Waals surface area (Å²) >= 11 is 0. The van der Waals surface area contributed by atoms with Crippen molar-refractivity contribution in [3.05, 3.63) is 24.3 Å². The minimum atomic E-state index is -0.553. The number of allylic oxidation sites excluding steroid dienone is 1. The largest absolute Gasteiger partial charge is 0.469 e. The van der Waals surface area contributed by atoms with E-state index in [1.54, 1.807) is 6.08 Å². The molecule has 1 unspecified atom stereocenters. The highest BCUT2D eigenvalue weighted by atomic mass is 16.5. The Balaban J connectivity index is 2.45. The van der Waals surface area contributed by atoms with Crippen molar-refractivity contribution >= 4 is 11.9 Å². The normalized spacial score (nSPS) is 19.3. The molecule has 5 nitrogen and oxygen atoms in total. The number of aliphatic hydroxyl groups is 1. The average Bonchev–Trinajstić information content (AvgIpc) is 3.02. The van der Waals surface area contributed by atoms with Crippen molar-refractivity contribution in [2.45, 2.75) is 70.9 Å². The fourth-order valence-electron chi connectivity index (χ4n) is 2.88. The lowest BCUT2D eigenvalue weighted by Crippen LogP contribution is -2.32. The number of aliphatic hydroxyl groups excluding tert-OH is 1. The lowest BCUT2D eigenvalue weighted by atomic mass is 10.00. The van der Waals surface area contributed by atoms with E-state index in [2.05, 4.69) is 16.6 Å². The molecule has 3 atom stereocenters. The number of rotatable bonds is 10. The molecule has 1 saturated heterocycles. The van der Waals surface area contributed by atoms with Crippen LogP contribution in [0.3, 0.4) is 0 Å². The van der Waals surface area contributed by atoms with E-state index in [1.807, 2.05) is 37.0 Å². The number of amides is 1. The van der Waals surface area contributed by atoms with E-state index in [-0.39, 0.29) is 23.8 Å². The minimum absolute atomic E-state index is 0.0285. The molecule has 1 aliphatic rings. The number of hydrogen-bond donors (Lipinski definition) is 1. The number of methoxy groups -OCH3 is 1. The van der Waals surface area contributed by atoms with E-state index >= 15 is 0 Å². The molecule has 0 aromatic carbocycles. The molecule has 0 bridgehead atoms. The van der Waals surface area contributed by atoms with E-state index in [0.717, 1.165) is 25.7 Å². The van der Waals surface area contributed by atoms with Gasteiger partial charge >= 0.3 is 5.97 Å². The van der Waals surface area contributed by atoms with Crippen LogP contribution in [0.2, 0.25) is 0 Å². The van der Waals surface area contributed by atoms with Crippen molar-refractivity contribution in [2.24, 2.45) is 5.92 Å². The van der Waals surface area contributed by atoms with Crippen LogP contribution in [0.4, 0.5) is 0 Å². The Bertz CT molecular complexity index is 585. The van der Waals surface area contributed by atoms with E-state index in [1.165, 1.54) is 7.11 Å². The van der Waals surface area contributed by atoms with Crippen molar-refractivity contribution in [3.8, 4) is 11.8 Å². The predicted octanol–water partition coefficient (Wildman–Crippen LogP) is 3.23. The smallest absolute Gasteiger partial charge is 0.305 e. The van der Waals surface area contributed by atoms with Gasteiger partial charge in [0, 0.05) is 32.2 Å². The number of unbranched alkanes of at least 4 members (excludes halogenated alkanes) is 1. The summed E-state index contributed by atoms with van der Waals surface area (Å²) in [6.45, 7) is 4.54. The van der Waals surface area contributed by atoms with Crippen LogP contribution in [0.25, 0.3) is 0 Å². The first-order chi connectivity index (χ1) is 13.0. The maximum atomic E-state index is 12.1. The van der Waals surface area contributed by atoms with Gasteiger partial charge in [0.2, 0.25) is 5.91 Å². The van der Waals surface area contributed by atoms with Crippen LogP contribution in [-0.4, -0.2) is 47.7 Å². The minimum Gasteiger partial charge on any atom is -0.469 e. The lowest BCUT2D eigenvalue weighted by Gasteiger charge is -2.21. The Morgan fingerprint density at radius 1 is 1.41 bits per heavy atom. The Morgan fingerprint density at radius 3 is 2.89 bits per heavy atom. The summed E-state index contributed by atoms with van der Waals surface area (Å²) in [5.41, 5.74) is 0. The van der Waals surface area contributed by atoms with E-state index in [0.29, 0.717) is 25.8 Å². The van der Waals surface area contributed by atoms with Gasteiger partial charge in [-0.05, 0) is 25.2 Å². The van der Waals surface area contributed by atoms with Gasteiger partial charge in [0.05, 0.1) is 19.3 Å². The number of esters is 1. The third-order valence-corrected chi connectivity index (χ3v) is 4.66. The molecule has 1 rings (SSSR count). The molecule has 1 N–H and O–H groups in total. The molecule has 1 heterocycles. The second kappa shape index (κ2) is 13.2. The third kappa shape index (κ3) is 8.92. The standard InChI is InChI=1S/C22H33NO4/c1-4-5-8-11-18(2)20(24)15-13-19-14-16-21(25)23(19)17-10-7-6-9-12-22(26)27-3/h7,10,13,15,18-20,24H,4,6,9,11-12,14,16-17H2,1-3H3/t18-,19?,20+/m0/s1. The van der Waals surface area contributed by atoms with Gasteiger partial charge in [-0.25, -0.2) is 0 Å². The van der Waals surface area contributed by atoms with E-state index < -0.39 is 6.10 Å². The second-order valence-corrected chi connectivity index (χ2v) is 6.86. The topological polar surface area (TPSA) is 66.8 Å². The lowest BCUT2D eigenvalue weighted by molar-refractivity contribution is -0.140. The van der Waals surface area contributed by atoms with Crippen molar-refractivity contribution < 1.29 is 19.4 Å². The first kappa shape index (κ1) is 23.0. The third-order valence-electron chi connectivity index (χ3n) is 4.66. The summed E-state index contributed by atoms with van der Waals surface area (Å²) in [7, 11) is 1.39. The van der Waals surface area contributed by atoms with E-state index in [9.17, 15) is 14.7 Å². The molecule has 0 aromatic rings. The summed E-state index contributed by atoms with van der Waals surface area (Å²) in [5.74, 6) is 6.10. The molecule has 1 aliphatic heterocycles. The highest BCUT2D eigenvalue weighted by molar-refractivity contribution is 5.79. The number of likely N-dealkylation sites (tertiary alicyclic amines) is 1. The number of nitrogens with zero attached hydrogens (tertiary/aromatic N) is 1. The van der Waals surface area contributed by atoms with Gasteiger partial charge in [0.25, 0.3) is 0 Å². The van der Waals surface area contributed by atoms with Crippen LogP contribution < -0.4 is 0 Å². The quantitative estimate of drug-likeness (QED) is 0.275. The summed E-state index contributed by atoms with van der Waals surface area (Å²) < 4.78 is 4.61. The molecule has 5 heteroatoms. The molecule has 150 valence electrons. The van der Waals surface area contributed by atoms with Gasteiger partial charge in [-0.1, -0.05) is 38.2 Å². The summed E-state index contributed by atoms with van der Waals surface area (Å²) in [4.78, 5) is 25.0. The van der Waals surface area contributed by atoms with Gasteiger partial charge in [0.1, 0.15) is 0 Å². The molecular formula is C22H33NO4. The van der Waals surface area contributed by atoms with Gasteiger partial charge < -0.3 is 14.7 Å². The second-order valence-electron chi connectivity index (χ2n) is 6.86. The van der Waals surface area contributed by atoms with Gasteiger partial charge in [-0.2, -0.15) is 0 Å². The zero-order valence-electron chi connectivity index (χ0n) is 16.8. The highest BCUT2D eigenvalue weighted by Gasteiger charge is 2.28. The molecular weight excluding hydrogens is 342 g/mol. The van der Waals surface area contributed by atoms with Gasteiger partial charge in [-0.3, -0.25) is 9.59 Å². The molecule has 0 spiro atoms. The fourth-order valence-corrected chi connectivity index (χ4v) is 2.88. The Morgan fingerprint density at radius 2 is 2.19 bits per heavy atom. The molecule has 0 radical (unpaired) electrons. The number of carbonyl (C=O) groups excluding carboxylic acids is 2. The van der Waals surface area contributed by atoms with Crippen molar-refractivity contribution in [3.63, 3.8) is 0 Å². The first-order valence-electron chi connectivity index (χ1n) is 9.83. The van der Waals surface area contributed by atoms with Crippen LogP contribution in [0.5, 0.6) is 0 Å². The molecule has 0 saturated carbocycles. The molecule has 1 fully saturated rings. The summed E-state index contributed by atoms with van der Waals surface area (Å²) in [6.07, 6.45) is 11.9. The van der Waals surface area contributed by atoms with Crippen LogP contribution >= 0.6 is 0 Å². The Labute approximate surface area is 163 Å². The van der Waals surface area contributed by atoms with Crippen LogP contribution in [0.15, 0.2) is 24.3 Å². The number of ether oxygens (including phenoxy) is 1. The Kier molecular flexibility index (Phi) is 11.2. The number of carbonyl (C=O) groups is 2. The van der Waals surface area contributed by atoms with Crippen LogP contribution in [0, 0.1) is 17.8 Å². The van der Waals surface area contributed by atoms with Crippen molar-refractivity contribution in [1.82, 2.24) is 4.90 Å². The number of hydrogen-bond acceptors (Lipinski definition) is 4. The van der Waals surface area contributed by atoms with Gasteiger partial charge in [-0.15, -0.1) is 11.8 Å². The summed E-state index contributed by atoms with van der Waals surface area (Å²) in [6, 6.07) is 0.0285. The highest BCUT2D eigenvalue weighted by Crippen LogP contribution is 2.20. The zero-order chi connectivity index (χ0) is 20.1. The maximum Gasteiger partial charge on any atom is 0.305 e. The monoisotopic (exact) mass is 375 g/mol. The SMILES string of the molecule is CCC#CC[C@H](C)[C@H](O)C=CC1CCC(=O)N1CC=CCCCC(=O)OC. The van der Waals surface area contributed by atoms with E-state index in [4.69, 9.17) is 0 Å². The van der Waals surface area contributed by atoms with Crippen LogP contribution in [-0.2, 0) is 14.3 Å². The van der Waals surface area contributed by atoms with Crippen molar-refractivity contribution in [2.75, 3.05) is 13.7 Å². The first-order valence-corrected chi connectivity index (χ1v) is 9.83. The van der Waals surface area contributed by atoms with Crippen molar-refractivity contribution in [1.29, 1.82) is 0 Å². The molecule has 1 amide bonds. The molecule has 0 aliphatic carbocycles. The maximum absolute atomic E-state index is 12.1.